The van der Waals surface area contributed by atoms with Crippen LogP contribution in [0.5, 0.6) is 0 Å². The molecule has 0 aliphatic heterocycles. The fourth-order valence-electron chi connectivity index (χ4n) is 1.78. The molecule has 0 saturated heterocycles. The highest BCUT2D eigenvalue weighted by Gasteiger charge is 2.09. The summed E-state index contributed by atoms with van der Waals surface area (Å²) in [6.07, 6.45) is 11.5. The molecular weight excluding hydrogens is 208 g/mol. The summed E-state index contributed by atoms with van der Waals surface area (Å²) >= 11 is 6.03. The van der Waals surface area contributed by atoms with Crippen molar-refractivity contribution < 1.29 is 0 Å². The van der Waals surface area contributed by atoms with Crippen molar-refractivity contribution in [1.29, 1.82) is 0 Å². The molecule has 0 fully saturated rings. The number of hydrogen-bond donors (Lipinski definition) is 1. The number of rotatable bonds is 3. The molecule has 0 saturated carbocycles. The minimum Gasteiger partial charge on any atom is -0.310 e. The van der Waals surface area contributed by atoms with Crippen molar-refractivity contribution in [3.63, 3.8) is 0 Å². The van der Waals surface area contributed by atoms with Gasteiger partial charge in [-0.1, -0.05) is 23.8 Å². The van der Waals surface area contributed by atoms with Crippen molar-refractivity contribution in [3.8, 4) is 0 Å². The van der Waals surface area contributed by atoms with Crippen LogP contribution in [0.1, 0.15) is 24.8 Å². The van der Waals surface area contributed by atoms with Crippen LogP contribution in [-0.4, -0.2) is 11.0 Å². The number of halogens is 1. The lowest BCUT2D eigenvalue weighted by Gasteiger charge is -2.19. The fourth-order valence-corrected chi connectivity index (χ4v) is 1.97. The normalized spacial score (nSPS) is 20.5. The van der Waals surface area contributed by atoms with E-state index in [4.69, 9.17) is 11.6 Å². The second kappa shape index (κ2) is 5.29. The van der Waals surface area contributed by atoms with Crippen LogP contribution < -0.4 is 5.32 Å². The van der Waals surface area contributed by atoms with Crippen LogP contribution in [0.25, 0.3) is 0 Å². The van der Waals surface area contributed by atoms with E-state index in [0.29, 0.717) is 6.04 Å². The minimum atomic E-state index is 0.597. The third-order valence-corrected chi connectivity index (χ3v) is 3.05. The Morgan fingerprint density at radius 1 is 1.47 bits per heavy atom. The summed E-state index contributed by atoms with van der Waals surface area (Å²) in [4.78, 5) is 3.97. The molecule has 0 aromatic carbocycles. The Balaban J connectivity index is 1.87. The van der Waals surface area contributed by atoms with Gasteiger partial charge < -0.3 is 5.32 Å². The molecule has 80 valence electrons. The molecule has 1 atom stereocenters. The lowest BCUT2D eigenvalue weighted by atomic mass is 10.0. The monoisotopic (exact) mass is 222 g/mol. The first-order valence-electron chi connectivity index (χ1n) is 5.33. The number of allylic oxidation sites excluding steroid dienone is 1. The molecule has 1 aromatic heterocycles. The van der Waals surface area contributed by atoms with Crippen LogP contribution in [0, 0.1) is 0 Å². The zero-order chi connectivity index (χ0) is 10.5. The van der Waals surface area contributed by atoms with E-state index in [1.54, 1.807) is 12.4 Å². The SMILES string of the molecule is Clc1cnccc1CNC1CC=CCC1. The van der Waals surface area contributed by atoms with Gasteiger partial charge in [-0.3, -0.25) is 4.98 Å². The van der Waals surface area contributed by atoms with Crippen molar-refractivity contribution in [2.45, 2.75) is 31.8 Å². The third kappa shape index (κ3) is 3.05. The molecule has 1 aliphatic carbocycles. The van der Waals surface area contributed by atoms with Gasteiger partial charge in [-0.25, -0.2) is 0 Å². The van der Waals surface area contributed by atoms with Gasteiger partial charge in [0.15, 0.2) is 0 Å². The molecule has 15 heavy (non-hydrogen) atoms. The van der Waals surface area contributed by atoms with E-state index in [-0.39, 0.29) is 0 Å². The van der Waals surface area contributed by atoms with Crippen LogP contribution in [0.2, 0.25) is 5.02 Å². The summed E-state index contributed by atoms with van der Waals surface area (Å²) in [5.74, 6) is 0. The molecule has 2 rings (SSSR count). The predicted octanol–water partition coefficient (Wildman–Crippen LogP) is 2.93. The number of hydrogen-bond acceptors (Lipinski definition) is 2. The first-order chi connectivity index (χ1) is 7.36. The molecule has 1 heterocycles. The van der Waals surface area contributed by atoms with E-state index in [0.717, 1.165) is 23.6 Å². The second-order valence-electron chi connectivity index (χ2n) is 3.83. The highest BCUT2D eigenvalue weighted by molar-refractivity contribution is 6.31. The minimum absolute atomic E-state index is 0.597. The fraction of sp³-hybridized carbons (Fsp3) is 0.417. The first-order valence-corrected chi connectivity index (χ1v) is 5.71. The molecule has 2 nitrogen and oxygen atoms in total. The van der Waals surface area contributed by atoms with E-state index in [1.165, 1.54) is 12.8 Å². The zero-order valence-corrected chi connectivity index (χ0v) is 9.37. The van der Waals surface area contributed by atoms with E-state index in [9.17, 15) is 0 Å². The Bertz CT molecular complexity index is 349. The number of pyridine rings is 1. The average molecular weight is 223 g/mol. The van der Waals surface area contributed by atoms with E-state index >= 15 is 0 Å². The van der Waals surface area contributed by atoms with Crippen LogP contribution in [0.4, 0.5) is 0 Å². The van der Waals surface area contributed by atoms with Crippen LogP contribution in [0.15, 0.2) is 30.6 Å². The Morgan fingerprint density at radius 2 is 2.40 bits per heavy atom. The van der Waals surface area contributed by atoms with Gasteiger partial charge >= 0.3 is 0 Å². The van der Waals surface area contributed by atoms with Crippen molar-refractivity contribution in [1.82, 2.24) is 10.3 Å². The average Bonchev–Trinajstić information content (AvgIpc) is 2.29. The third-order valence-electron chi connectivity index (χ3n) is 2.71. The molecule has 1 aromatic rings. The molecule has 1 aliphatic rings. The highest BCUT2D eigenvalue weighted by atomic mass is 35.5. The summed E-state index contributed by atoms with van der Waals surface area (Å²) in [6, 6.07) is 2.56. The maximum atomic E-state index is 6.03. The molecular formula is C12H15ClN2. The Morgan fingerprint density at radius 3 is 3.13 bits per heavy atom. The summed E-state index contributed by atoms with van der Waals surface area (Å²) in [5, 5.41) is 4.26. The predicted molar refractivity (Wildman–Crippen MR) is 62.9 cm³/mol. The number of nitrogens with zero attached hydrogens (tertiary/aromatic N) is 1. The molecule has 0 spiro atoms. The van der Waals surface area contributed by atoms with Crippen molar-refractivity contribution in [2.75, 3.05) is 0 Å². The molecule has 1 unspecified atom stereocenters. The van der Waals surface area contributed by atoms with Crippen molar-refractivity contribution in [2.24, 2.45) is 0 Å². The summed E-state index contributed by atoms with van der Waals surface area (Å²) in [7, 11) is 0. The molecule has 1 N–H and O–H groups in total. The van der Waals surface area contributed by atoms with Crippen LogP contribution in [0.3, 0.4) is 0 Å². The zero-order valence-electron chi connectivity index (χ0n) is 8.62. The van der Waals surface area contributed by atoms with Gasteiger partial charge in [-0.15, -0.1) is 0 Å². The Hall–Kier alpha value is -0.860. The van der Waals surface area contributed by atoms with Gasteiger partial charge in [0.1, 0.15) is 0 Å². The quantitative estimate of drug-likeness (QED) is 0.796. The highest BCUT2D eigenvalue weighted by Crippen LogP contribution is 2.15. The molecule has 0 radical (unpaired) electrons. The Kier molecular flexibility index (Phi) is 3.75. The summed E-state index contributed by atoms with van der Waals surface area (Å²) in [6.45, 7) is 0.833. The largest absolute Gasteiger partial charge is 0.310 e. The van der Waals surface area contributed by atoms with Gasteiger partial charge in [0, 0.05) is 25.0 Å². The maximum Gasteiger partial charge on any atom is 0.0634 e. The maximum absolute atomic E-state index is 6.03. The van der Waals surface area contributed by atoms with E-state index in [1.807, 2.05) is 6.07 Å². The molecule has 0 amide bonds. The molecule has 0 bridgehead atoms. The van der Waals surface area contributed by atoms with Crippen LogP contribution in [-0.2, 0) is 6.54 Å². The van der Waals surface area contributed by atoms with Crippen molar-refractivity contribution >= 4 is 11.6 Å². The number of aromatic nitrogens is 1. The number of nitrogens with one attached hydrogen (secondary N) is 1. The lowest BCUT2D eigenvalue weighted by Crippen LogP contribution is -2.29. The van der Waals surface area contributed by atoms with Crippen molar-refractivity contribution in [3.05, 3.63) is 41.2 Å². The van der Waals surface area contributed by atoms with Gasteiger partial charge in [0.25, 0.3) is 0 Å². The second-order valence-corrected chi connectivity index (χ2v) is 4.24. The van der Waals surface area contributed by atoms with Gasteiger partial charge in [0.05, 0.1) is 5.02 Å². The smallest absolute Gasteiger partial charge is 0.0634 e. The van der Waals surface area contributed by atoms with Crippen LogP contribution >= 0.6 is 11.6 Å². The standard InChI is InChI=1S/C12H15ClN2/c13-12-9-14-7-6-10(12)8-15-11-4-2-1-3-5-11/h1-2,6-7,9,11,15H,3-5,8H2. The summed E-state index contributed by atoms with van der Waals surface area (Å²) < 4.78 is 0. The Labute approximate surface area is 95.4 Å². The van der Waals surface area contributed by atoms with Gasteiger partial charge in [-0.2, -0.15) is 0 Å². The van der Waals surface area contributed by atoms with E-state index in [2.05, 4.69) is 22.5 Å². The lowest BCUT2D eigenvalue weighted by molar-refractivity contribution is 0.474. The first kappa shape index (κ1) is 10.7. The summed E-state index contributed by atoms with van der Waals surface area (Å²) in [5.41, 5.74) is 1.13. The van der Waals surface area contributed by atoms with E-state index < -0.39 is 0 Å². The van der Waals surface area contributed by atoms with Gasteiger partial charge in [-0.05, 0) is 30.9 Å². The topological polar surface area (TPSA) is 24.9 Å². The van der Waals surface area contributed by atoms with Gasteiger partial charge in [0.2, 0.25) is 0 Å². The molecule has 3 heteroatoms.